The van der Waals surface area contributed by atoms with Crippen LogP contribution in [0.5, 0.6) is 11.5 Å². The predicted molar refractivity (Wildman–Crippen MR) is 147 cm³/mol. The van der Waals surface area contributed by atoms with E-state index in [1.807, 2.05) is 70.3 Å². The number of nitrogens with zero attached hydrogens (tertiary/aromatic N) is 5. The molecule has 0 spiro atoms. The number of nitrogen functional groups attached to an aromatic ring is 1. The number of hydrogen-bond acceptors (Lipinski definition) is 7. The summed E-state index contributed by atoms with van der Waals surface area (Å²) in [5, 5.41) is 9.10. The Morgan fingerprint density at radius 2 is 1.84 bits per heavy atom. The number of para-hydroxylation sites is 1. The van der Waals surface area contributed by atoms with E-state index in [4.69, 9.17) is 15.6 Å². The van der Waals surface area contributed by atoms with Gasteiger partial charge in [-0.15, -0.1) is 0 Å². The van der Waals surface area contributed by atoms with E-state index in [9.17, 15) is 4.79 Å². The first-order valence-corrected chi connectivity index (χ1v) is 13.2. The van der Waals surface area contributed by atoms with Crippen molar-refractivity contribution in [3.8, 4) is 22.8 Å². The zero-order chi connectivity index (χ0) is 25.9. The van der Waals surface area contributed by atoms with Crippen molar-refractivity contribution in [2.24, 2.45) is 0 Å². The molecule has 4 aromatic rings. The first-order valence-electron chi connectivity index (χ1n) is 13.2. The molecule has 3 heterocycles. The molecule has 1 amide bonds. The Balaban J connectivity index is 1.24. The highest BCUT2D eigenvalue weighted by Gasteiger charge is 2.28. The second kappa shape index (κ2) is 10.6. The largest absolute Gasteiger partial charge is 0.457 e. The number of hydrogen-bond donors (Lipinski definition) is 2. The second-order valence-electron chi connectivity index (χ2n) is 9.86. The molecule has 1 aliphatic heterocycles. The number of benzene rings is 2. The Hall–Kier alpha value is -4.24. The minimum atomic E-state index is -0.00285. The number of rotatable bonds is 8. The second-order valence-corrected chi connectivity index (χ2v) is 9.86. The van der Waals surface area contributed by atoms with Gasteiger partial charge in [0.1, 0.15) is 29.3 Å². The molecule has 1 saturated heterocycles. The molecule has 9 nitrogen and oxygen atoms in total. The highest BCUT2D eigenvalue weighted by atomic mass is 16.5. The third kappa shape index (κ3) is 5.24. The molecular weight excluding hydrogens is 478 g/mol. The van der Waals surface area contributed by atoms with Crippen molar-refractivity contribution in [1.82, 2.24) is 30.0 Å². The van der Waals surface area contributed by atoms with Crippen LogP contribution in [-0.4, -0.2) is 56.2 Å². The van der Waals surface area contributed by atoms with Crippen molar-refractivity contribution in [1.29, 1.82) is 0 Å². The van der Waals surface area contributed by atoms with Gasteiger partial charge in [-0.1, -0.05) is 24.3 Å². The van der Waals surface area contributed by atoms with Crippen LogP contribution >= 0.6 is 0 Å². The number of ether oxygens (including phenoxy) is 1. The SMILES string of the molecule is Nc1ncnc2c1c(-c1ccc(Oc3ccccc3)cc1)nn2[C@@H]1CCCN(C(=O)/C=C/CNC2CC2)C1. The number of aromatic nitrogens is 4. The first kappa shape index (κ1) is 24.1. The van der Waals surface area contributed by atoms with Crippen molar-refractivity contribution in [3.05, 3.63) is 73.1 Å². The third-order valence-corrected chi connectivity index (χ3v) is 7.04. The van der Waals surface area contributed by atoms with Gasteiger partial charge in [-0.3, -0.25) is 4.79 Å². The van der Waals surface area contributed by atoms with Crippen LogP contribution in [0.25, 0.3) is 22.3 Å². The van der Waals surface area contributed by atoms with Gasteiger partial charge in [0.05, 0.1) is 11.4 Å². The lowest BCUT2D eigenvalue weighted by Gasteiger charge is -2.32. The molecule has 1 saturated carbocycles. The third-order valence-electron chi connectivity index (χ3n) is 7.04. The van der Waals surface area contributed by atoms with Crippen molar-refractivity contribution in [2.45, 2.75) is 37.8 Å². The van der Waals surface area contributed by atoms with E-state index in [-0.39, 0.29) is 11.9 Å². The topological polar surface area (TPSA) is 111 Å². The summed E-state index contributed by atoms with van der Waals surface area (Å²) in [6.45, 7) is 2.04. The summed E-state index contributed by atoms with van der Waals surface area (Å²) >= 11 is 0. The monoisotopic (exact) mass is 509 g/mol. The number of fused-ring (bicyclic) bond motifs is 1. The van der Waals surface area contributed by atoms with Gasteiger partial charge in [-0.05, 0) is 62.1 Å². The van der Waals surface area contributed by atoms with Crippen molar-refractivity contribution in [3.63, 3.8) is 0 Å². The van der Waals surface area contributed by atoms with Crippen LogP contribution in [0.15, 0.2) is 73.1 Å². The van der Waals surface area contributed by atoms with Crippen molar-refractivity contribution >= 4 is 22.8 Å². The zero-order valence-electron chi connectivity index (χ0n) is 21.2. The van der Waals surface area contributed by atoms with E-state index in [2.05, 4.69) is 15.3 Å². The molecule has 0 radical (unpaired) electrons. The number of likely N-dealkylation sites (tertiary alicyclic amines) is 1. The molecular formula is C29H31N7O2. The fourth-order valence-electron chi connectivity index (χ4n) is 4.90. The molecule has 38 heavy (non-hydrogen) atoms. The number of amides is 1. The van der Waals surface area contributed by atoms with Gasteiger partial charge in [0.15, 0.2) is 5.65 Å². The Labute approximate surface area is 221 Å². The minimum Gasteiger partial charge on any atom is -0.457 e. The molecule has 0 unspecified atom stereocenters. The first-order chi connectivity index (χ1) is 18.7. The van der Waals surface area contributed by atoms with Crippen LogP contribution in [0.3, 0.4) is 0 Å². The van der Waals surface area contributed by atoms with Crippen LogP contribution in [0.1, 0.15) is 31.7 Å². The lowest BCUT2D eigenvalue weighted by Crippen LogP contribution is -2.40. The van der Waals surface area contributed by atoms with E-state index in [0.717, 1.165) is 54.1 Å². The molecule has 3 N–H and O–H groups in total. The normalized spacial score (nSPS) is 17.8. The van der Waals surface area contributed by atoms with Crippen LogP contribution < -0.4 is 15.8 Å². The molecule has 2 aliphatic rings. The summed E-state index contributed by atoms with van der Waals surface area (Å²) in [6.07, 6.45) is 9.34. The van der Waals surface area contributed by atoms with Gasteiger partial charge in [0, 0.05) is 37.3 Å². The molecule has 6 rings (SSSR count). The van der Waals surface area contributed by atoms with E-state index < -0.39 is 0 Å². The van der Waals surface area contributed by atoms with Gasteiger partial charge in [0.25, 0.3) is 0 Å². The molecule has 1 atom stereocenters. The molecule has 1 aliphatic carbocycles. The maximum Gasteiger partial charge on any atom is 0.246 e. The lowest BCUT2D eigenvalue weighted by molar-refractivity contribution is -0.127. The summed E-state index contributed by atoms with van der Waals surface area (Å²) in [7, 11) is 0. The summed E-state index contributed by atoms with van der Waals surface area (Å²) in [5.74, 6) is 1.93. The van der Waals surface area contributed by atoms with E-state index in [1.165, 1.54) is 19.2 Å². The predicted octanol–water partition coefficient (Wildman–Crippen LogP) is 4.34. The summed E-state index contributed by atoms with van der Waals surface area (Å²) in [6, 6.07) is 18.0. The number of carbonyl (C=O) groups is 1. The van der Waals surface area contributed by atoms with Crippen molar-refractivity contribution in [2.75, 3.05) is 25.4 Å². The van der Waals surface area contributed by atoms with Crippen LogP contribution in [0, 0.1) is 0 Å². The van der Waals surface area contributed by atoms with Gasteiger partial charge in [0.2, 0.25) is 5.91 Å². The number of anilines is 1. The van der Waals surface area contributed by atoms with Crippen LogP contribution in [0.2, 0.25) is 0 Å². The summed E-state index contributed by atoms with van der Waals surface area (Å²) in [5.41, 5.74) is 8.63. The van der Waals surface area contributed by atoms with Crippen LogP contribution in [-0.2, 0) is 4.79 Å². The molecule has 9 heteroatoms. The number of nitrogens with two attached hydrogens (primary N) is 1. The molecule has 0 bridgehead atoms. The van der Waals surface area contributed by atoms with Gasteiger partial charge >= 0.3 is 0 Å². The molecule has 2 aromatic carbocycles. The highest BCUT2D eigenvalue weighted by molar-refractivity contribution is 5.98. The van der Waals surface area contributed by atoms with Gasteiger partial charge < -0.3 is 20.7 Å². The molecule has 194 valence electrons. The Bertz CT molecular complexity index is 1450. The summed E-state index contributed by atoms with van der Waals surface area (Å²) < 4.78 is 7.87. The lowest BCUT2D eigenvalue weighted by atomic mass is 10.1. The maximum absolute atomic E-state index is 12.9. The minimum absolute atomic E-state index is 0.00285. The van der Waals surface area contributed by atoms with Gasteiger partial charge in [-0.2, -0.15) is 5.10 Å². The summed E-state index contributed by atoms with van der Waals surface area (Å²) in [4.78, 5) is 23.5. The average Bonchev–Trinajstić information content (AvgIpc) is 3.70. The van der Waals surface area contributed by atoms with Crippen LogP contribution in [0.4, 0.5) is 5.82 Å². The fraction of sp³-hybridized carbons (Fsp3) is 0.310. The standard InChI is InChI=1S/C29H31N7O2/c30-28-26-27(20-10-14-24(15-11-20)38-23-7-2-1-3-8-23)34-36(29(26)33-19-32-28)22-6-5-17-35(18-22)25(37)9-4-16-31-21-12-13-21/h1-4,7-11,14-15,19,21-22,31H,5-6,12-13,16-18H2,(H2,30,32,33)/b9-4+/t22-/m1/s1. The van der Waals surface area contributed by atoms with E-state index in [1.54, 1.807) is 6.08 Å². The number of nitrogens with one attached hydrogen (secondary N) is 1. The average molecular weight is 510 g/mol. The van der Waals surface area contributed by atoms with E-state index in [0.29, 0.717) is 24.1 Å². The quantitative estimate of drug-likeness (QED) is 0.340. The van der Waals surface area contributed by atoms with Gasteiger partial charge in [-0.25, -0.2) is 14.6 Å². The highest BCUT2D eigenvalue weighted by Crippen LogP contribution is 2.35. The smallest absolute Gasteiger partial charge is 0.246 e. The number of piperidine rings is 1. The Kier molecular flexibility index (Phi) is 6.75. The Morgan fingerprint density at radius 1 is 1.05 bits per heavy atom. The Morgan fingerprint density at radius 3 is 2.63 bits per heavy atom. The fourth-order valence-corrected chi connectivity index (χ4v) is 4.90. The molecule has 2 aromatic heterocycles. The molecule has 2 fully saturated rings. The number of carbonyl (C=O) groups excluding carboxylic acids is 1. The van der Waals surface area contributed by atoms with E-state index >= 15 is 0 Å². The van der Waals surface area contributed by atoms with Crippen molar-refractivity contribution < 1.29 is 9.53 Å². The maximum atomic E-state index is 12.9. The zero-order valence-corrected chi connectivity index (χ0v) is 21.2.